The average Bonchev–Trinajstić information content (AvgIpc) is 2.67. The largest absolute Gasteiger partial charge is 0.386 e. The lowest BCUT2D eigenvalue weighted by molar-refractivity contribution is 0.161. The Balaban J connectivity index is 2.17. The minimum absolute atomic E-state index is 0.755. The van der Waals surface area contributed by atoms with E-state index in [1.54, 1.807) is 6.26 Å². The molecule has 0 aliphatic carbocycles. The maximum Gasteiger partial charge on any atom is 0.150 e. The summed E-state index contributed by atoms with van der Waals surface area (Å²) in [5, 5.41) is 11.3. The third-order valence-corrected chi connectivity index (χ3v) is 7.63. The van der Waals surface area contributed by atoms with Crippen LogP contribution in [0.4, 0.5) is 0 Å². The first-order chi connectivity index (χ1) is 12.1. The summed E-state index contributed by atoms with van der Waals surface area (Å²) in [5.74, 6) is 0. The fourth-order valence-corrected chi connectivity index (χ4v) is 5.66. The highest BCUT2D eigenvalue weighted by atomic mass is 32.2. The molecular weight excluding hydrogens is 348 g/mol. The second-order valence-corrected chi connectivity index (χ2v) is 8.85. The van der Waals surface area contributed by atoms with E-state index in [1.807, 2.05) is 91.0 Å². The Bertz CT molecular complexity index is 822. The van der Waals surface area contributed by atoms with Gasteiger partial charge in [0.1, 0.15) is 10.2 Å². The molecule has 0 heterocycles. The smallest absolute Gasteiger partial charge is 0.150 e. The first-order valence-electron chi connectivity index (χ1n) is 8.00. The van der Waals surface area contributed by atoms with Crippen molar-refractivity contribution in [1.82, 2.24) is 0 Å². The molecule has 0 saturated carbocycles. The molecule has 25 heavy (non-hydrogen) atoms. The molecule has 0 aromatic heterocycles. The molecule has 0 saturated heterocycles. The molecule has 0 amide bonds. The molecule has 3 aromatic carbocycles. The van der Waals surface area contributed by atoms with Crippen molar-refractivity contribution < 1.29 is 9.32 Å². The van der Waals surface area contributed by atoms with Crippen molar-refractivity contribution in [2.45, 2.75) is 15.1 Å². The zero-order chi connectivity index (χ0) is 17.7. The van der Waals surface area contributed by atoms with Crippen molar-refractivity contribution >= 4 is 22.6 Å². The number of aliphatic hydroxyl groups is 1. The van der Waals surface area contributed by atoms with Gasteiger partial charge in [-0.3, -0.25) is 4.21 Å². The van der Waals surface area contributed by atoms with Crippen LogP contribution < -0.4 is 0 Å². The fourth-order valence-electron chi connectivity index (χ4n) is 2.84. The topological polar surface area (TPSA) is 37.3 Å². The third kappa shape index (κ3) is 3.71. The van der Waals surface area contributed by atoms with Crippen LogP contribution in [-0.2, 0) is 14.9 Å². The van der Waals surface area contributed by atoms with Gasteiger partial charge in [0.15, 0.2) is 0 Å². The van der Waals surface area contributed by atoms with Crippen LogP contribution in [0.15, 0.2) is 95.9 Å². The van der Waals surface area contributed by atoms with Crippen LogP contribution in [-0.4, -0.2) is 15.6 Å². The molecule has 0 spiro atoms. The van der Waals surface area contributed by atoms with E-state index < -0.39 is 21.0 Å². The molecule has 0 radical (unpaired) electrons. The Labute approximate surface area is 155 Å². The summed E-state index contributed by atoms with van der Waals surface area (Å²) >= 11 is 1.45. The van der Waals surface area contributed by atoms with Gasteiger partial charge in [-0.05, 0) is 23.3 Å². The lowest BCUT2D eigenvalue weighted by Gasteiger charge is -2.36. The van der Waals surface area contributed by atoms with Crippen LogP contribution in [0.1, 0.15) is 17.2 Å². The molecular formula is C21H20O2S2. The molecule has 0 fully saturated rings. The monoisotopic (exact) mass is 368 g/mol. The number of rotatable bonds is 6. The minimum atomic E-state index is -1.33. The predicted molar refractivity (Wildman–Crippen MR) is 106 cm³/mol. The van der Waals surface area contributed by atoms with Gasteiger partial charge in [0.05, 0.1) is 0 Å². The summed E-state index contributed by atoms with van der Waals surface area (Å²) < 4.78 is 12.0. The summed E-state index contributed by atoms with van der Waals surface area (Å²) in [4.78, 5) is 0.969. The molecule has 0 aliphatic rings. The summed E-state index contributed by atoms with van der Waals surface area (Å²) in [6, 6.07) is 28.9. The Morgan fingerprint density at radius 1 is 0.840 bits per heavy atom. The van der Waals surface area contributed by atoms with E-state index in [2.05, 4.69) is 0 Å². The van der Waals surface area contributed by atoms with Crippen LogP contribution >= 0.6 is 11.8 Å². The normalized spacial score (nSPS) is 15.9. The maximum atomic E-state index is 13.0. The van der Waals surface area contributed by atoms with Gasteiger partial charge >= 0.3 is 0 Å². The van der Waals surface area contributed by atoms with Crippen molar-refractivity contribution in [2.24, 2.45) is 0 Å². The second kappa shape index (κ2) is 8.00. The van der Waals surface area contributed by atoms with E-state index in [4.69, 9.17) is 0 Å². The highest BCUT2D eigenvalue weighted by Crippen LogP contribution is 2.51. The Morgan fingerprint density at radius 3 is 1.84 bits per heavy atom. The molecule has 3 atom stereocenters. The van der Waals surface area contributed by atoms with E-state index in [-0.39, 0.29) is 0 Å². The summed E-state index contributed by atoms with van der Waals surface area (Å²) in [6.07, 6.45) is 0.752. The Hall–Kier alpha value is -1.88. The van der Waals surface area contributed by atoms with E-state index in [1.165, 1.54) is 11.8 Å². The quantitative estimate of drug-likeness (QED) is 0.638. The zero-order valence-electron chi connectivity index (χ0n) is 13.9. The van der Waals surface area contributed by atoms with Crippen LogP contribution in [0.25, 0.3) is 0 Å². The molecule has 0 bridgehead atoms. The van der Waals surface area contributed by atoms with E-state index in [9.17, 15) is 9.32 Å². The Kier molecular flexibility index (Phi) is 5.74. The third-order valence-electron chi connectivity index (χ3n) is 4.09. The first-order valence-corrected chi connectivity index (χ1v) is 10.4. The molecule has 128 valence electrons. The van der Waals surface area contributed by atoms with Gasteiger partial charge in [-0.1, -0.05) is 90.6 Å². The number of benzene rings is 3. The Morgan fingerprint density at radius 2 is 1.32 bits per heavy atom. The van der Waals surface area contributed by atoms with Crippen molar-refractivity contribution in [3.8, 4) is 0 Å². The van der Waals surface area contributed by atoms with Crippen molar-refractivity contribution in [3.63, 3.8) is 0 Å². The molecule has 3 aromatic rings. The first kappa shape index (κ1) is 17.9. The highest BCUT2D eigenvalue weighted by molar-refractivity contribution is 8.11. The van der Waals surface area contributed by atoms with Crippen LogP contribution in [0.3, 0.4) is 0 Å². The molecule has 1 N–H and O–H groups in total. The van der Waals surface area contributed by atoms with Crippen LogP contribution in [0, 0.1) is 0 Å². The van der Waals surface area contributed by atoms with Gasteiger partial charge in [0.2, 0.25) is 0 Å². The molecule has 0 aliphatic heterocycles. The second-order valence-electron chi connectivity index (χ2n) is 5.72. The van der Waals surface area contributed by atoms with Gasteiger partial charge in [0, 0.05) is 22.0 Å². The number of thioether (sulfide) groups is 1. The number of hydrogen-bond donors (Lipinski definition) is 1. The zero-order valence-corrected chi connectivity index (χ0v) is 15.5. The summed E-state index contributed by atoms with van der Waals surface area (Å²) in [7, 11) is -1.33. The van der Waals surface area contributed by atoms with Crippen LogP contribution in [0.2, 0.25) is 0 Å². The SMILES string of the molecule is CS(=O)C(Sc1ccccc1)(c1ccccc1)C(O)c1ccccc1. The maximum absolute atomic E-state index is 13.0. The molecule has 2 nitrogen and oxygen atoms in total. The summed E-state index contributed by atoms with van der Waals surface area (Å²) in [5.41, 5.74) is 1.60. The van der Waals surface area contributed by atoms with Crippen molar-refractivity contribution in [3.05, 3.63) is 102 Å². The standard InChI is InChI=1S/C21H20O2S2/c1-25(23)21(18-13-7-3-8-14-18,24-19-15-9-4-10-16-19)20(22)17-11-5-2-6-12-17/h2-16,20,22H,1H3. The average molecular weight is 369 g/mol. The lowest BCUT2D eigenvalue weighted by Crippen LogP contribution is -2.34. The van der Waals surface area contributed by atoms with Gasteiger partial charge < -0.3 is 5.11 Å². The predicted octanol–water partition coefficient (Wildman–Crippen LogP) is 4.74. The van der Waals surface area contributed by atoms with E-state index in [0.717, 1.165) is 16.0 Å². The minimum Gasteiger partial charge on any atom is -0.386 e. The summed E-state index contributed by atoms with van der Waals surface area (Å²) in [6.45, 7) is 0. The van der Waals surface area contributed by atoms with Crippen molar-refractivity contribution in [1.29, 1.82) is 0 Å². The van der Waals surface area contributed by atoms with Crippen molar-refractivity contribution in [2.75, 3.05) is 6.26 Å². The van der Waals surface area contributed by atoms with Gasteiger partial charge in [0.25, 0.3) is 0 Å². The number of hydrogen-bond acceptors (Lipinski definition) is 3. The van der Waals surface area contributed by atoms with Gasteiger partial charge in [-0.15, -0.1) is 0 Å². The molecule has 3 rings (SSSR count). The van der Waals surface area contributed by atoms with Gasteiger partial charge in [-0.25, -0.2) is 0 Å². The van der Waals surface area contributed by atoms with E-state index >= 15 is 0 Å². The van der Waals surface area contributed by atoms with E-state index in [0.29, 0.717) is 0 Å². The van der Waals surface area contributed by atoms with Gasteiger partial charge in [-0.2, -0.15) is 0 Å². The lowest BCUT2D eigenvalue weighted by atomic mass is 10.00. The highest BCUT2D eigenvalue weighted by Gasteiger charge is 2.45. The fraction of sp³-hybridized carbons (Fsp3) is 0.143. The number of aliphatic hydroxyl groups excluding tert-OH is 1. The molecule has 4 heteroatoms. The van der Waals surface area contributed by atoms with Crippen LogP contribution in [0.5, 0.6) is 0 Å². The molecule has 3 unspecified atom stereocenters.